The van der Waals surface area contributed by atoms with E-state index in [1.54, 1.807) is 13.3 Å². The highest BCUT2D eigenvalue weighted by Crippen LogP contribution is 2.54. The summed E-state index contributed by atoms with van der Waals surface area (Å²) in [4.78, 5) is 19.4. The third kappa shape index (κ3) is 4.08. The minimum absolute atomic E-state index is 0.255. The van der Waals surface area contributed by atoms with Crippen LogP contribution in [0.1, 0.15) is 50.7 Å². The van der Waals surface area contributed by atoms with Gasteiger partial charge in [-0.25, -0.2) is 0 Å². The lowest BCUT2D eigenvalue weighted by Crippen LogP contribution is -2.41. The van der Waals surface area contributed by atoms with Gasteiger partial charge in [0.25, 0.3) is 0 Å². The molecule has 1 aromatic carbocycles. The molecule has 5 rings (SSSR count). The van der Waals surface area contributed by atoms with Crippen molar-refractivity contribution in [3.8, 4) is 5.75 Å². The Hall–Kier alpha value is -2.79. The number of methoxy groups -OCH3 is 1. The summed E-state index contributed by atoms with van der Waals surface area (Å²) in [7, 11) is 1.65. The van der Waals surface area contributed by atoms with Crippen LogP contribution in [0.2, 0.25) is 0 Å². The van der Waals surface area contributed by atoms with Gasteiger partial charge in [-0.2, -0.15) is 0 Å². The van der Waals surface area contributed by atoms with Gasteiger partial charge >= 0.3 is 5.97 Å². The number of fused-ring (bicyclic) bond motifs is 4. The molecule has 30 heavy (non-hydrogen) atoms. The zero-order valence-electron chi connectivity index (χ0n) is 17.5. The van der Waals surface area contributed by atoms with Crippen LogP contribution in [-0.4, -0.2) is 24.6 Å². The van der Waals surface area contributed by atoms with Crippen molar-refractivity contribution in [1.29, 1.82) is 0 Å². The number of azide groups is 1. The molecule has 0 radical (unpaired) electrons. The Bertz CT molecular complexity index is 972. The molecule has 0 N–H and O–H groups in total. The maximum Gasteiger partial charge on any atom is 0.303 e. The second kappa shape index (κ2) is 8.92. The first kappa shape index (κ1) is 20.5. The van der Waals surface area contributed by atoms with Gasteiger partial charge in [0.15, 0.2) is 0 Å². The molecule has 3 saturated carbocycles. The first-order chi connectivity index (χ1) is 14.6. The molecule has 2 aromatic rings. The van der Waals surface area contributed by atoms with Crippen LogP contribution < -0.4 is 4.74 Å². The summed E-state index contributed by atoms with van der Waals surface area (Å²) in [5, 5.41) is 4.71. The Balaban J connectivity index is 1.66. The topological polar surface area (TPSA) is 97.2 Å². The summed E-state index contributed by atoms with van der Waals surface area (Å²) in [5.74, 6) is 2.49. The number of aromatic nitrogens is 1. The van der Waals surface area contributed by atoms with Gasteiger partial charge in [0.05, 0.1) is 12.6 Å². The number of esters is 1. The maximum atomic E-state index is 12.1. The van der Waals surface area contributed by atoms with E-state index < -0.39 is 0 Å². The molecule has 1 heterocycles. The van der Waals surface area contributed by atoms with Gasteiger partial charge < -0.3 is 9.47 Å². The van der Waals surface area contributed by atoms with Crippen molar-refractivity contribution in [3.05, 3.63) is 46.5 Å². The quantitative estimate of drug-likeness (QED) is 0.258. The molecule has 3 aliphatic rings. The Morgan fingerprint density at radius 3 is 2.83 bits per heavy atom. The highest BCUT2D eigenvalue weighted by Gasteiger charge is 2.45. The second-order valence-corrected chi connectivity index (χ2v) is 8.55. The average Bonchev–Trinajstić information content (AvgIpc) is 2.77. The fourth-order valence-electron chi connectivity index (χ4n) is 5.68. The van der Waals surface area contributed by atoms with Gasteiger partial charge in [0.2, 0.25) is 0 Å². The zero-order valence-corrected chi connectivity index (χ0v) is 17.5. The van der Waals surface area contributed by atoms with Crippen molar-refractivity contribution in [3.63, 3.8) is 0 Å². The summed E-state index contributed by atoms with van der Waals surface area (Å²) in [6, 6.07) is 7.81. The van der Waals surface area contributed by atoms with Crippen LogP contribution >= 0.6 is 0 Å². The van der Waals surface area contributed by atoms with Crippen LogP contribution in [-0.2, 0) is 9.53 Å². The number of carbonyl (C=O) groups excluding carboxylic acids is 1. The summed E-state index contributed by atoms with van der Waals surface area (Å²) in [6.07, 6.45) is 6.98. The van der Waals surface area contributed by atoms with Crippen molar-refractivity contribution in [1.82, 2.24) is 4.98 Å². The smallest absolute Gasteiger partial charge is 0.303 e. The summed E-state index contributed by atoms with van der Waals surface area (Å²) >= 11 is 0. The van der Waals surface area contributed by atoms with E-state index in [9.17, 15) is 4.79 Å². The Labute approximate surface area is 176 Å². The van der Waals surface area contributed by atoms with E-state index >= 15 is 0 Å². The van der Waals surface area contributed by atoms with Crippen LogP contribution in [0, 0.1) is 23.7 Å². The molecule has 5 atom stereocenters. The van der Waals surface area contributed by atoms with Crippen molar-refractivity contribution in [2.45, 2.75) is 45.1 Å². The monoisotopic (exact) mass is 408 g/mol. The lowest BCUT2D eigenvalue weighted by atomic mass is 9.57. The van der Waals surface area contributed by atoms with Gasteiger partial charge in [-0.1, -0.05) is 5.11 Å². The van der Waals surface area contributed by atoms with E-state index in [1.165, 1.54) is 13.3 Å². The molecule has 3 fully saturated rings. The number of hydrogen-bond acceptors (Lipinski definition) is 5. The zero-order chi connectivity index (χ0) is 21.1. The fourth-order valence-corrected chi connectivity index (χ4v) is 5.68. The number of hydrogen-bond donors (Lipinski definition) is 0. The number of ether oxygens (including phenoxy) is 2. The van der Waals surface area contributed by atoms with Gasteiger partial charge in [0, 0.05) is 41.4 Å². The van der Waals surface area contributed by atoms with E-state index in [0.29, 0.717) is 30.2 Å². The molecule has 4 unspecified atom stereocenters. The molecule has 158 valence electrons. The summed E-state index contributed by atoms with van der Waals surface area (Å²) < 4.78 is 11.4. The minimum Gasteiger partial charge on any atom is -0.497 e. The van der Waals surface area contributed by atoms with Gasteiger partial charge in [-0.3, -0.25) is 9.78 Å². The highest BCUT2D eigenvalue weighted by atomic mass is 16.5. The summed E-state index contributed by atoms with van der Waals surface area (Å²) in [5.41, 5.74) is 10.5. The van der Waals surface area contributed by atoms with E-state index in [0.717, 1.165) is 47.9 Å². The third-order valence-electron chi connectivity index (χ3n) is 6.99. The first-order valence-electron chi connectivity index (χ1n) is 10.7. The van der Waals surface area contributed by atoms with Crippen LogP contribution in [0.5, 0.6) is 5.75 Å². The molecular formula is C23H28N4O3. The molecular weight excluding hydrogens is 380 g/mol. The molecule has 1 aromatic heterocycles. The van der Waals surface area contributed by atoms with Gasteiger partial charge in [-0.05, 0) is 79.7 Å². The lowest BCUT2D eigenvalue weighted by Gasteiger charge is -2.49. The van der Waals surface area contributed by atoms with Crippen LogP contribution in [0.25, 0.3) is 21.3 Å². The number of carbonyl (C=O) groups is 1. The molecule has 0 amide bonds. The van der Waals surface area contributed by atoms with Crippen molar-refractivity contribution >= 4 is 16.9 Å². The number of nitrogens with zero attached hydrogens (tertiary/aromatic N) is 4. The highest BCUT2D eigenvalue weighted by molar-refractivity contribution is 5.84. The van der Waals surface area contributed by atoms with E-state index in [4.69, 9.17) is 15.0 Å². The molecule has 0 spiro atoms. The van der Waals surface area contributed by atoms with E-state index in [2.05, 4.69) is 15.0 Å². The third-order valence-corrected chi connectivity index (χ3v) is 6.99. The molecule has 0 saturated heterocycles. The van der Waals surface area contributed by atoms with Crippen molar-refractivity contribution in [2.75, 3.05) is 13.7 Å². The Morgan fingerprint density at radius 2 is 2.13 bits per heavy atom. The predicted octanol–water partition coefficient (Wildman–Crippen LogP) is 5.60. The van der Waals surface area contributed by atoms with Gasteiger partial charge in [-0.15, -0.1) is 0 Å². The van der Waals surface area contributed by atoms with E-state index in [-0.39, 0.29) is 12.1 Å². The first-order valence-corrected chi connectivity index (χ1v) is 10.7. The molecule has 7 nitrogen and oxygen atoms in total. The maximum absolute atomic E-state index is 12.1. The minimum atomic E-state index is -0.286. The van der Waals surface area contributed by atoms with Crippen molar-refractivity contribution < 1.29 is 14.3 Å². The average molecular weight is 409 g/mol. The van der Waals surface area contributed by atoms with Crippen molar-refractivity contribution in [2.24, 2.45) is 28.8 Å². The Kier molecular flexibility index (Phi) is 6.09. The molecule has 7 heteroatoms. The van der Waals surface area contributed by atoms with E-state index in [1.807, 2.05) is 24.3 Å². The normalized spacial score (nSPS) is 26.1. The number of benzene rings is 1. The van der Waals surface area contributed by atoms with Crippen LogP contribution in [0.4, 0.5) is 0 Å². The molecule has 0 aliphatic heterocycles. The largest absolute Gasteiger partial charge is 0.497 e. The predicted molar refractivity (Wildman–Crippen MR) is 114 cm³/mol. The fraction of sp³-hybridized carbons (Fsp3) is 0.565. The van der Waals surface area contributed by atoms with Crippen LogP contribution in [0.15, 0.2) is 35.6 Å². The summed E-state index contributed by atoms with van der Waals surface area (Å²) in [6.45, 7) is 2.05. The lowest BCUT2D eigenvalue weighted by molar-refractivity contribution is -0.154. The molecule has 2 bridgehead atoms. The molecule has 3 aliphatic carbocycles. The standard InChI is InChI=1S/C23H28N4O3/c1-14(28)30-23(19-8-9-25-22-6-5-18(29-2)13-21(19)22)20-12-15-3-4-17(20)11-16(15)7-10-26-27-24/h5-6,8-9,13,15-17,20,23H,3-4,7,10-12H2,1-2H3/t15?,16?,17?,20?,23-/m1/s1. The number of pyridine rings is 1. The number of rotatable bonds is 7. The SMILES string of the molecule is COc1ccc2nccc([C@@H](OC(C)=O)C3CC4CCC3CC4CCN=[N+]=[N-])c2c1. The second-order valence-electron chi connectivity index (χ2n) is 8.55. The van der Waals surface area contributed by atoms with Crippen LogP contribution in [0.3, 0.4) is 0 Å². The Morgan fingerprint density at radius 1 is 1.30 bits per heavy atom. The van der Waals surface area contributed by atoms with Gasteiger partial charge in [0.1, 0.15) is 11.9 Å².